The van der Waals surface area contributed by atoms with Crippen molar-refractivity contribution in [1.29, 1.82) is 0 Å². The number of furan rings is 1. The first kappa shape index (κ1) is 40.6. The summed E-state index contributed by atoms with van der Waals surface area (Å²) >= 11 is 1.99. The van der Waals surface area contributed by atoms with Gasteiger partial charge in [0.2, 0.25) is 0 Å². The van der Waals surface area contributed by atoms with Gasteiger partial charge in [-0.05, 0) is 118 Å². The summed E-state index contributed by atoms with van der Waals surface area (Å²) in [6.45, 7) is 17.1. The van der Waals surface area contributed by atoms with Crippen molar-refractivity contribution in [3.63, 3.8) is 0 Å². The second-order valence-corrected chi connectivity index (χ2v) is 26.3. The lowest BCUT2D eigenvalue weighted by Gasteiger charge is -2.31. The molecule has 0 spiro atoms. The Kier molecular flexibility index (Phi) is 9.10. The fraction of sp³-hybridized carbons (Fsp3) is 0.148. The molecule has 2 heterocycles. The van der Waals surface area contributed by atoms with Crippen molar-refractivity contribution in [1.82, 2.24) is 0 Å². The first-order valence-electron chi connectivity index (χ1n) is 23.2. The van der Waals surface area contributed by atoms with Crippen molar-refractivity contribution >= 4 is 80.7 Å². The number of hydrogen-bond donors (Lipinski definition) is 0. The van der Waals surface area contributed by atoms with Crippen LogP contribution in [0.5, 0.6) is 0 Å². The topological polar surface area (TPSA) is 19.6 Å². The van der Waals surface area contributed by atoms with Crippen molar-refractivity contribution in [3.05, 3.63) is 210 Å². The van der Waals surface area contributed by atoms with E-state index in [-0.39, 0.29) is 10.8 Å². The molecule has 66 heavy (non-hydrogen) atoms. The summed E-state index contributed by atoms with van der Waals surface area (Å²) in [5.74, 6) is 0. The Hall–Kier alpha value is -6.92. The van der Waals surface area contributed by atoms with E-state index in [9.17, 15) is 0 Å². The molecule has 322 valence electrons. The van der Waals surface area contributed by atoms with Gasteiger partial charge in [0.1, 0.15) is 11.2 Å². The molecule has 0 amide bonds. The summed E-state index contributed by atoms with van der Waals surface area (Å²) < 4.78 is 6.34. The van der Waals surface area contributed by atoms with Gasteiger partial charge >= 0.3 is 0 Å². The number of fused-ring (bicyclic) bond motifs is 10. The Morgan fingerprint density at radius 2 is 0.924 bits per heavy atom. The maximum Gasteiger partial charge on any atom is 0.135 e. The molecular weight excluding hydrogens is 837 g/mol. The number of rotatable bonds is 8. The lowest BCUT2D eigenvalue weighted by Crippen LogP contribution is -2.37. The Morgan fingerprint density at radius 3 is 1.58 bits per heavy atom. The van der Waals surface area contributed by atoms with Gasteiger partial charge in [-0.25, -0.2) is 0 Å². The van der Waals surface area contributed by atoms with Crippen molar-refractivity contribution in [2.75, 3.05) is 9.80 Å². The van der Waals surface area contributed by atoms with Crippen LogP contribution in [0.2, 0.25) is 19.6 Å². The molecule has 2 aliphatic rings. The van der Waals surface area contributed by atoms with Crippen LogP contribution in [0.15, 0.2) is 192 Å². The zero-order valence-electron chi connectivity index (χ0n) is 38.6. The highest BCUT2D eigenvalue weighted by atomic mass is 32.1. The molecular formula is C61H52N2OSSi. The first-order chi connectivity index (χ1) is 31.9. The van der Waals surface area contributed by atoms with Crippen LogP contribution >= 0.6 is 11.3 Å². The molecule has 0 N–H and O–H groups in total. The summed E-state index contributed by atoms with van der Waals surface area (Å²) in [5, 5.41) is 3.71. The third kappa shape index (κ3) is 6.20. The number of thiophene rings is 1. The summed E-state index contributed by atoms with van der Waals surface area (Å²) in [5.41, 5.74) is 19.0. The van der Waals surface area contributed by atoms with Gasteiger partial charge in [-0.3, -0.25) is 0 Å². The van der Waals surface area contributed by atoms with Crippen LogP contribution in [0.3, 0.4) is 0 Å². The van der Waals surface area contributed by atoms with Crippen LogP contribution in [-0.2, 0) is 10.8 Å². The molecule has 0 fully saturated rings. The minimum absolute atomic E-state index is 0.208. The van der Waals surface area contributed by atoms with Gasteiger partial charge in [0.05, 0.1) is 13.8 Å². The Morgan fingerprint density at radius 1 is 0.424 bits per heavy atom. The molecule has 2 aromatic heterocycles. The van der Waals surface area contributed by atoms with Gasteiger partial charge in [0.25, 0.3) is 0 Å². The molecule has 0 radical (unpaired) electrons. The molecule has 0 aliphatic heterocycles. The highest BCUT2D eigenvalue weighted by Crippen LogP contribution is 2.64. The third-order valence-electron chi connectivity index (χ3n) is 14.4. The SMILES string of the molecule is CC1(C)c2cc(N(c3ccccc3)c3ccc([Si](C)(C)C)cc3)ccc2-c2sc3c(c21)C(C)(C)c1cc(N(c2ccc4oc5ccccc5c4c2)c2ccccc2-c2ccccc2)ccc1-3. The van der Waals surface area contributed by atoms with E-state index in [1.165, 1.54) is 70.8 Å². The molecule has 0 unspecified atom stereocenters. The molecule has 0 saturated heterocycles. The quantitative estimate of drug-likeness (QED) is 0.142. The Bertz CT molecular complexity index is 3520. The van der Waals surface area contributed by atoms with Crippen LogP contribution in [0.1, 0.15) is 49.9 Å². The van der Waals surface area contributed by atoms with E-state index in [0.717, 1.165) is 44.7 Å². The van der Waals surface area contributed by atoms with Crippen molar-refractivity contribution in [3.8, 4) is 32.0 Å². The second-order valence-electron chi connectivity index (χ2n) is 20.2. The normalized spacial score (nSPS) is 14.2. The summed E-state index contributed by atoms with van der Waals surface area (Å²) in [6.07, 6.45) is 0. The molecule has 8 aromatic carbocycles. The van der Waals surface area contributed by atoms with Gasteiger partial charge in [0, 0.05) is 65.4 Å². The Balaban J connectivity index is 0.973. The molecule has 0 bridgehead atoms. The van der Waals surface area contributed by atoms with E-state index < -0.39 is 8.07 Å². The molecule has 0 atom stereocenters. The van der Waals surface area contributed by atoms with Crippen LogP contribution in [0.25, 0.3) is 53.9 Å². The van der Waals surface area contributed by atoms with Crippen LogP contribution in [0.4, 0.5) is 34.1 Å². The smallest absolute Gasteiger partial charge is 0.135 e. The fourth-order valence-corrected chi connectivity index (χ4v) is 13.9. The monoisotopic (exact) mass is 888 g/mol. The molecule has 5 heteroatoms. The highest BCUT2D eigenvalue weighted by molar-refractivity contribution is 7.19. The van der Waals surface area contributed by atoms with Gasteiger partial charge in [-0.15, -0.1) is 11.3 Å². The van der Waals surface area contributed by atoms with Crippen LogP contribution < -0.4 is 15.0 Å². The van der Waals surface area contributed by atoms with Crippen LogP contribution in [0, 0.1) is 0 Å². The summed E-state index contributed by atoms with van der Waals surface area (Å²) in [4.78, 5) is 7.70. The van der Waals surface area contributed by atoms with E-state index in [4.69, 9.17) is 4.42 Å². The molecule has 0 saturated carbocycles. The lowest BCUT2D eigenvalue weighted by molar-refractivity contribution is 0.603. The Labute approximate surface area is 393 Å². The van der Waals surface area contributed by atoms with Crippen molar-refractivity contribution in [2.45, 2.75) is 58.2 Å². The van der Waals surface area contributed by atoms with Gasteiger partial charge in [-0.1, -0.05) is 162 Å². The minimum Gasteiger partial charge on any atom is -0.456 e. The highest BCUT2D eigenvalue weighted by Gasteiger charge is 2.48. The predicted octanol–water partition coefficient (Wildman–Crippen LogP) is 17.4. The lowest BCUT2D eigenvalue weighted by atomic mass is 9.74. The zero-order chi connectivity index (χ0) is 45.1. The molecule has 2 aliphatic carbocycles. The van der Waals surface area contributed by atoms with Crippen LogP contribution in [-0.4, -0.2) is 8.07 Å². The second kappa shape index (κ2) is 14.8. The third-order valence-corrected chi connectivity index (χ3v) is 17.7. The van der Waals surface area contributed by atoms with Gasteiger partial charge < -0.3 is 14.2 Å². The standard InChI is InChI=1S/C61H52N2OSSi/c1-60(2)51-37-43(62(40-20-12-9-13-21-40)41-26-31-45(32-27-41)66(5,6)7)28-33-48(51)58-56(60)57-59(65-58)49-34-29-44(38-52(49)61(57,3)4)63(53-24-16-14-22-46(53)39-18-10-8-11-19-39)42-30-35-55-50(36-42)47-23-15-17-25-54(47)64-55/h8-38H,1-7H3. The minimum atomic E-state index is -1.45. The van der Waals surface area contributed by atoms with E-state index >= 15 is 0 Å². The van der Waals surface area contributed by atoms with Gasteiger partial charge in [0.15, 0.2) is 0 Å². The predicted molar refractivity (Wildman–Crippen MR) is 285 cm³/mol. The summed E-state index contributed by atoms with van der Waals surface area (Å²) in [6, 6.07) is 69.2. The van der Waals surface area contributed by atoms with E-state index in [0.29, 0.717) is 0 Å². The average molecular weight is 889 g/mol. The largest absolute Gasteiger partial charge is 0.456 e. The number of nitrogens with zero attached hydrogens (tertiary/aromatic N) is 2. The maximum absolute atomic E-state index is 6.34. The zero-order valence-corrected chi connectivity index (χ0v) is 40.4. The fourth-order valence-electron chi connectivity index (χ4n) is 11.0. The number of para-hydroxylation sites is 3. The maximum atomic E-state index is 6.34. The number of benzene rings is 8. The average Bonchev–Trinajstić information content (AvgIpc) is 4.03. The van der Waals surface area contributed by atoms with Gasteiger partial charge in [-0.2, -0.15) is 0 Å². The first-order valence-corrected chi connectivity index (χ1v) is 27.5. The van der Waals surface area contributed by atoms with Crippen molar-refractivity contribution < 1.29 is 4.42 Å². The van der Waals surface area contributed by atoms with E-state index in [1.807, 2.05) is 17.4 Å². The number of anilines is 6. The molecule has 3 nitrogen and oxygen atoms in total. The van der Waals surface area contributed by atoms with E-state index in [2.05, 4.69) is 239 Å². The van der Waals surface area contributed by atoms with E-state index in [1.54, 1.807) is 0 Å². The number of hydrogen-bond acceptors (Lipinski definition) is 4. The molecule has 12 rings (SSSR count). The molecule has 10 aromatic rings. The van der Waals surface area contributed by atoms with Crippen molar-refractivity contribution in [2.24, 2.45) is 0 Å². The summed E-state index contributed by atoms with van der Waals surface area (Å²) in [7, 11) is -1.45.